The molecule has 29 heavy (non-hydrogen) atoms. The first kappa shape index (κ1) is 20.7. The van der Waals surface area contributed by atoms with Crippen LogP contribution >= 0.6 is 0 Å². The maximum absolute atomic E-state index is 11.7. The molecule has 0 fully saturated rings. The number of para-hydroxylation sites is 4. The summed E-state index contributed by atoms with van der Waals surface area (Å²) in [5.74, 6) is 2.58. The van der Waals surface area contributed by atoms with Crippen molar-refractivity contribution in [2.75, 3.05) is 20.3 Å². The van der Waals surface area contributed by atoms with Gasteiger partial charge >= 0.3 is 0 Å². The Bertz CT molecular complexity index is 936. The predicted molar refractivity (Wildman–Crippen MR) is 114 cm³/mol. The molecule has 2 aromatic carbocycles. The van der Waals surface area contributed by atoms with E-state index in [0.717, 1.165) is 47.7 Å². The van der Waals surface area contributed by atoms with Crippen molar-refractivity contribution in [2.45, 2.75) is 39.2 Å². The predicted octanol–water partition coefficient (Wildman–Crippen LogP) is 3.97. The third-order valence-corrected chi connectivity index (χ3v) is 4.73. The van der Waals surface area contributed by atoms with Gasteiger partial charge in [-0.3, -0.25) is 4.79 Å². The second-order valence-corrected chi connectivity index (χ2v) is 6.87. The lowest BCUT2D eigenvalue weighted by Gasteiger charge is -2.12. The lowest BCUT2D eigenvalue weighted by atomic mass is 10.3. The largest absolute Gasteiger partial charge is 0.493 e. The number of aromatic nitrogens is 2. The number of nitrogens with zero attached hydrogens (tertiary/aromatic N) is 2. The smallest absolute Gasteiger partial charge is 0.219 e. The monoisotopic (exact) mass is 395 g/mol. The highest BCUT2D eigenvalue weighted by Gasteiger charge is 2.11. The second-order valence-electron chi connectivity index (χ2n) is 6.87. The number of rotatable bonds is 11. The lowest BCUT2D eigenvalue weighted by Crippen LogP contribution is -2.26. The van der Waals surface area contributed by atoms with Gasteiger partial charge in [0.05, 0.1) is 24.8 Å². The van der Waals surface area contributed by atoms with E-state index in [1.165, 1.54) is 0 Å². The van der Waals surface area contributed by atoms with E-state index in [0.29, 0.717) is 26.0 Å². The molecule has 1 aromatic heterocycles. The van der Waals surface area contributed by atoms with Crippen LogP contribution in [0, 0.1) is 0 Å². The molecule has 0 aliphatic rings. The Morgan fingerprint density at radius 2 is 1.86 bits per heavy atom. The Labute approximate surface area is 171 Å². The van der Waals surface area contributed by atoms with Gasteiger partial charge in [0.1, 0.15) is 5.82 Å². The number of hydrogen-bond acceptors (Lipinski definition) is 4. The number of fused-ring (bicyclic) bond motifs is 1. The molecular formula is C23H29N3O3. The van der Waals surface area contributed by atoms with Gasteiger partial charge in [0, 0.05) is 25.9 Å². The third-order valence-electron chi connectivity index (χ3n) is 4.73. The van der Waals surface area contributed by atoms with Crippen LogP contribution in [0.5, 0.6) is 11.5 Å². The summed E-state index contributed by atoms with van der Waals surface area (Å²) in [5, 5.41) is 2.97. The fourth-order valence-electron chi connectivity index (χ4n) is 3.34. The van der Waals surface area contributed by atoms with Gasteiger partial charge in [-0.2, -0.15) is 0 Å². The molecule has 0 aliphatic heterocycles. The minimum Gasteiger partial charge on any atom is -0.493 e. The topological polar surface area (TPSA) is 65.4 Å². The molecule has 1 heterocycles. The van der Waals surface area contributed by atoms with Crippen LogP contribution in [0.1, 0.15) is 32.0 Å². The Balaban J connectivity index is 1.62. The molecule has 0 unspecified atom stereocenters. The van der Waals surface area contributed by atoms with Gasteiger partial charge in [0.15, 0.2) is 11.5 Å². The molecule has 0 aliphatic carbocycles. The highest BCUT2D eigenvalue weighted by atomic mass is 16.5. The number of benzene rings is 2. The summed E-state index contributed by atoms with van der Waals surface area (Å²) in [6.45, 7) is 3.99. The van der Waals surface area contributed by atoms with E-state index in [1.807, 2.05) is 49.4 Å². The van der Waals surface area contributed by atoms with Crippen LogP contribution in [0.25, 0.3) is 11.0 Å². The fourth-order valence-corrected chi connectivity index (χ4v) is 3.34. The summed E-state index contributed by atoms with van der Waals surface area (Å²) in [5.41, 5.74) is 2.09. The van der Waals surface area contributed by atoms with E-state index < -0.39 is 0 Å². The summed E-state index contributed by atoms with van der Waals surface area (Å²) >= 11 is 0. The molecule has 0 radical (unpaired) electrons. The lowest BCUT2D eigenvalue weighted by molar-refractivity contribution is -0.121. The first-order chi connectivity index (χ1) is 14.2. The molecule has 0 atom stereocenters. The van der Waals surface area contributed by atoms with E-state index in [9.17, 15) is 4.79 Å². The zero-order chi connectivity index (χ0) is 20.5. The number of methoxy groups -OCH3 is 1. The first-order valence-corrected chi connectivity index (χ1v) is 10.2. The molecule has 1 amide bonds. The summed E-state index contributed by atoms with van der Waals surface area (Å²) in [6.07, 6.45) is 2.97. The van der Waals surface area contributed by atoms with E-state index in [-0.39, 0.29) is 5.91 Å². The Morgan fingerprint density at radius 3 is 2.66 bits per heavy atom. The normalized spacial score (nSPS) is 10.8. The minimum absolute atomic E-state index is 0.0976. The molecule has 6 heteroatoms. The molecule has 0 spiro atoms. The second kappa shape index (κ2) is 10.5. The highest BCUT2D eigenvalue weighted by Crippen LogP contribution is 2.26. The summed E-state index contributed by atoms with van der Waals surface area (Å²) in [7, 11) is 1.64. The molecule has 3 aromatic rings. The number of amides is 1. The van der Waals surface area contributed by atoms with Gasteiger partial charge < -0.3 is 19.4 Å². The van der Waals surface area contributed by atoms with Crippen LogP contribution in [0.15, 0.2) is 48.5 Å². The Morgan fingerprint density at radius 1 is 1.10 bits per heavy atom. The van der Waals surface area contributed by atoms with Gasteiger partial charge in [-0.25, -0.2) is 4.98 Å². The number of carbonyl (C=O) groups excluding carboxylic acids is 1. The van der Waals surface area contributed by atoms with Crippen molar-refractivity contribution >= 4 is 16.9 Å². The van der Waals surface area contributed by atoms with Crippen LogP contribution in [-0.4, -0.2) is 35.7 Å². The number of ether oxygens (including phenoxy) is 2. The van der Waals surface area contributed by atoms with Crippen LogP contribution in [-0.2, 0) is 17.8 Å². The SMILES string of the molecule is CCCC(=O)NCCc1nc2ccccc2n1CCCOc1ccccc1OC. The number of aryl methyl sites for hydroxylation is 1. The standard InChI is InChI=1S/C23H29N3O3/c1-3-9-23(27)24-15-14-22-25-18-10-4-5-11-19(18)26(22)16-8-17-29-21-13-7-6-12-20(21)28-2/h4-7,10-13H,3,8-9,14-17H2,1-2H3,(H,24,27). The number of imidazole rings is 1. The molecule has 154 valence electrons. The maximum Gasteiger partial charge on any atom is 0.219 e. The molecule has 6 nitrogen and oxygen atoms in total. The Kier molecular flexibility index (Phi) is 7.50. The van der Waals surface area contributed by atoms with E-state index in [1.54, 1.807) is 7.11 Å². The maximum atomic E-state index is 11.7. The van der Waals surface area contributed by atoms with Crippen LogP contribution < -0.4 is 14.8 Å². The van der Waals surface area contributed by atoms with Crippen molar-refractivity contribution in [2.24, 2.45) is 0 Å². The van der Waals surface area contributed by atoms with Crippen LogP contribution in [0.3, 0.4) is 0 Å². The van der Waals surface area contributed by atoms with Crippen molar-refractivity contribution in [3.05, 3.63) is 54.4 Å². The van der Waals surface area contributed by atoms with Gasteiger partial charge in [0.25, 0.3) is 0 Å². The number of carbonyl (C=O) groups is 1. The van der Waals surface area contributed by atoms with Gasteiger partial charge in [-0.15, -0.1) is 0 Å². The average Bonchev–Trinajstić information content (AvgIpc) is 3.09. The average molecular weight is 396 g/mol. The van der Waals surface area contributed by atoms with Crippen molar-refractivity contribution in [1.82, 2.24) is 14.9 Å². The molecule has 0 saturated carbocycles. The molecule has 0 saturated heterocycles. The minimum atomic E-state index is 0.0976. The third kappa shape index (κ3) is 5.50. The summed E-state index contributed by atoms with van der Waals surface area (Å²) in [4.78, 5) is 16.5. The van der Waals surface area contributed by atoms with Crippen molar-refractivity contribution in [3.8, 4) is 11.5 Å². The van der Waals surface area contributed by atoms with Gasteiger partial charge in [0.2, 0.25) is 5.91 Å². The van der Waals surface area contributed by atoms with E-state index >= 15 is 0 Å². The van der Waals surface area contributed by atoms with E-state index in [2.05, 4.69) is 16.0 Å². The quantitative estimate of drug-likeness (QED) is 0.499. The number of nitrogens with one attached hydrogen (secondary N) is 1. The molecular weight excluding hydrogens is 366 g/mol. The number of hydrogen-bond donors (Lipinski definition) is 1. The fraction of sp³-hybridized carbons (Fsp3) is 0.391. The van der Waals surface area contributed by atoms with Crippen LogP contribution in [0.4, 0.5) is 0 Å². The van der Waals surface area contributed by atoms with E-state index in [4.69, 9.17) is 14.5 Å². The Hall–Kier alpha value is -3.02. The van der Waals surface area contributed by atoms with Crippen molar-refractivity contribution < 1.29 is 14.3 Å². The van der Waals surface area contributed by atoms with Crippen LogP contribution in [0.2, 0.25) is 0 Å². The van der Waals surface area contributed by atoms with Gasteiger partial charge in [-0.1, -0.05) is 31.2 Å². The molecule has 1 N–H and O–H groups in total. The summed E-state index contributed by atoms with van der Waals surface area (Å²) < 4.78 is 13.5. The van der Waals surface area contributed by atoms with Crippen molar-refractivity contribution in [1.29, 1.82) is 0 Å². The zero-order valence-electron chi connectivity index (χ0n) is 17.2. The highest BCUT2D eigenvalue weighted by molar-refractivity contribution is 5.76. The van der Waals surface area contributed by atoms with Crippen molar-refractivity contribution in [3.63, 3.8) is 0 Å². The molecule has 3 rings (SSSR count). The zero-order valence-corrected chi connectivity index (χ0v) is 17.2. The first-order valence-electron chi connectivity index (χ1n) is 10.2. The van der Waals surface area contributed by atoms with Gasteiger partial charge in [-0.05, 0) is 37.1 Å². The molecule has 0 bridgehead atoms. The summed E-state index contributed by atoms with van der Waals surface area (Å²) in [6, 6.07) is 15.8.